The number of nitrogens with zero attached hydrogens (tertiary/aromatic N) is 4. The van der Waals surface area contributed by atoms with Crippen molar-refractivity contribution in [3.63, 3.8) is 0 Å². The molecule has 1 heterocycles. The molecule has 2 rings (SSSR count). The fourth-order valence-corrected chi connectivity index (χ4v) is 2.16. The van der Waals surface area contributed by atoms with Gasteiger partial charge in [0.2, 0.25) is 0 Å². The number of aromatic nitrogens is 4. The molecule has 1 aromatic carbocycles. The molecule has 0 spiro atoms. The molecular weight excluding hydrogens is 245 g/mol. The van der Waals surface area contributed by atoms with E-state index in [4.69, 9.17) is 5.73 Å². The zero-order chi connectivity index (χ0) is 14.0. The van der Waals surface area contributed by atoms with Gasteiger partial charge < -0.3 is 5.73 Å². The van der Waals surface area contributed by atoms with Crippen LogP contribution in [0.3, 0.4) is 0 Å². The van der Waals surface area contributed by atoms with Gasteiger partial charge in [0.25, 0.3) is 0 Å². The highest BCUT2D eigenvalue weighted by Gasteiger charge is 2.25. The van der Waals surface area contributed by atoms with Crippen molar-refractivity contribution in [2.45, 2.75) is 39.2 Å². The van der Waals surface area contributed by atoms with Gasteiger partial charge >= 0.3 is 0 Å². The smallest absolute Gasteiger partial charge is 0.182 e. The molecule has 0 radical (unpaired) electrons. The molecule has 6 heteroatoms. The van der Waals surface area contributed by atoms with Crippen LogP contribution in [0.5, 0.6) is 0 Å². The quantitative estimate of drug-likeness (QED) is 0.861. The lowest BCUT2D eigenvalue weighted by Gasteiger charge is -2.25. The monoisotopic (exact) mass is 263 g/mol. The summed E-state index contributed by atoms with van der Waals surface area (Å²) < 4.78 is 15.3. The summed E-state index contributed by atoms with van der Waals surface area (Å²) in [5.41, 5.74) is 6.01. The molecule has 0 aliphatic rings. The van der Waals surface area contributed by atoms with Crippen LogP contribution in [0, 0.1) is 5.82 Å². The zero-order valence-electron chi connectivity index (χ0n) is 11.4. The number of hydrogen-bond donors (Lipinski definition) is 1. The summed E-state index contributed by atoms with van der Waals surface area (Å²) in [4.78, 5) is 0. The predicted molar refractivity (Wildman–Crippen MR) is 71.9 cm³/mol. The Bertz CT molecular complexity index is 576. The SMILES string of the molecule is CCCC(C)(C)n1nnnc1-c1ccc(N)c(F)c1. The van der Waals surface area contributed by atoms with Gasteiger partial charge in [0.1, 0.15) is 5.82 Å². The average Bonchev–Trinajstić information content (AvgIpc) is 2.82. The first kappa shape index (κ1) is 13.5. The number of benzene rings is 1. The molecule has 0 aliphatic carbocycles. The third kappa shape index (κ3) is 2.57. The Hall–Kier alpha value is -1.98. The molecule has 0 aliphatic heterocycles. The summed E-state index contributed by atoms with van der Waals surface area (Å²) in [6.07, 6.45) is 1.95. The summed E-state index contributed by atoms with van der Waals surface area (Å²) >= 11 is 0. The minimum Gasteiger partial charge on any atom is -0.396 e. The summed E-state index contributed by atoms with van der Waals surface area (Å²) in [6.45, 7) is 6.22. The van der Waals surface area contributed by atoms with Gasteiger partial charge in [-0.1, -0.05) is 13.3 Å². The highest BCUT2D eigenvalue weighted by atomic mass is 19.1. The number of nitrogen functional groups attached to an aromatic ring is 1. The summed E-state index contributed by atoms with van der Waals surface area (Å²) in [7, 11) is 0. The van der Waals surface area contributed by atoms with E-state index in [2.05, 4.69) is 36.3 Å². The lowest BCUT2D eigenvalue weighted by atomic mass is 9.98. The molecule has 19 heavy (non-hydrogen) atoms. The fraction of sp³-hybridized carbons (Fsp3) is 0.462. The van der Waals surface area contributed by atoms with Gasteiger partial charge in [-0.15, -0.1) is 5.10 Å². The van der Waals surface area contributed by atoms with E-state index in [9.17, 15) is 4.39 Å². The van der Waals surface area contributed by atoms with Crippen LogP contribution >= 0.6 is 0 Å². The normalized spacial score (nSPS) is 11.8. The van der Waals surface area contributed by atoms with E-state index >= 15 is 0 Å². The Labute approximate surface area is 111 Å². The molecule has 2 N–H and O–H groups in total. The van der Waals surface area contributed by atoms with E-state index in [0.717, 1.165) is 12.8 Å². The van der Waals surface area contributed by atoms with Gasteiger partial charge in [0, 0.05) is 5.56 Å². The van der Waals surface area contributed by atoms with Crippen molar-refractivity contribution in [3.05, 3.63) is 24.0 Å². The second-order valence-corrected chi connectivity index (χ2v) is 5.21. The fourth-order valence-electron chi connectivity index (χ4n) is 2.16. The number of halogens is 1. The molecule has 0 atom stereocenters. The predicted octanol–water partition coefficient (Wildman–Crippen LogP) is 2.60. The maximum Gasteiger partial charge on any atom is 0.182 e. The number of nitrogens with two attached hydrogens (primary N) is 1. The van der Waals surface area contributed by atoms with E-state index in [0.29, 0.717) is 11.4 Å². The van der Waals surface area contributed by atoms with E-state index < -0.39 is 5.82 Å². The van der Waals surface area contributed by atoms with Gasteiger partial charge in [-0.05, 0) is 48.9 Å². The highest BCUT2D eigenvalue weighted by Crippen LogP contribution is 2.27. The van der Waals surface area contributed by atoms with Gasteiger partial charge in [-0.2, -0.15) is 0 Å². The van der Waals surface area contributed by atoms with Crippen LogP contribution in [0.4, 0.5) is 10.1 Å². The van der Waals surface area contributed by atoms with Crippen molar-refractivity contribution in [1.82, 2.24) is 20.2 Å². The second kappa shape index (κ2) is 4.95. The largest absolute Gasteiger partial charge is 0.396 e. The minimum atomic E-state index is -0.458. The van der Waals surface area contributed by atoms with Crippen LogP contribution in [0.1, 0.15) is 33.6 Å². The van der Waals surface area contributed by atoms with Crippen molar-refractivity contribution in [3.8, 4) is 11.4 Å². The highest BCUT2D eigenvalue weighted by molar-refractivity contribution is 5.59. The summed E-state index contributed by atoms with van der Waals surface area (Å²) in [5.74, 6) is 0.0951. The molecule has 0 saturated carbocycles. The van der Waals surface area contributed by atoms with E-state index in [1.165, 1.54) is 12.1 Å². The van der Waals surface area contributed by atoms with E-state index in [-0.39, 0.29) is 11.2 Å². The van der Waals surface area contributed by atoms with Crippen LogP contribution in [-0.4, -0.2) is 20.2 Å². The number of rotatable bonds is 4. The average molecular weight is 263 g/mol. The molecular formula is C13H18FN5. The summed E-state index contributed by atoms with van der Waals surface area (Å²) in [6, 6.07) is 4.61. The van der Waals surface area contributed by atoms with Crippen LogP contribution in [0.15, 0.2) is 18.2 Å². The molecule has 0 unspecified atom stereocenters. The number of tetrazole rings is 1. The van der Waals surface area contributed by atoms with Gasteiger partial charge in [-0.3, -0.25) is 0 Å². The lowest BCUT2D eigenvalue weighted by Crippen LogP contribution is -2.28. The molecule has 0 bridgehead atoms. The topological polar surface area (TPSA) is 69.6 Å². The molecule has 0 saturated heterocycles. The number of hydrogen-bond acceptors (Lipinski definition) is 4. The standard InChI is InChI=1S/C13H18FN5/c1-4-7-13(2,3)19-12(16-17-18-19)9-5-6-11(15)10(14)8-9/h5-6,8H,4,7,15H2,1-3H3. The van der Waals surface area contributed by atoms with Crippen molar-refractivity contribution in [1.29, 1.82) is 0 Å². The van der Waals surface area contributed by atoms with Crippen LogP contribution in [0.25, 0.3) is 11.4 Å². The lowest BCUT2D eigenvalue weighted by molar-refractivity contribution is 0.290. The zero-order valence-corrected chi connectivity index (χ0v) is 11.4. The van der Waals surface area contributed by atoms with Crippen molar-refractivity contribution in [2.75, 3.05) is 5.73 Å². The van der Waals surface area contributed by atoms with Crippen molar-refractivity contribution in [2.24, 2.45) is 0 Å². The van der Waals surface area contributed by atoms with E-state index in [1.807, 2.05) is 0 Å². The Morgan fingerprint density at radius 1 is 1.37 bits per heavy atom. The van der Waals surface area contributed by atoms with Crippen LogP contribution in [0.2, 0.25) is 0 Å². The third-order valence-corrected chi connectivity index (χ3v) is 3.16. The number of anilines is 1. The molecule has 2 aromatic rings. The molecule has 0 amide bonds. The van der Waals surface area contributed by atoms with Gasteiger partial charge in [-0.25, -0.2) is 9.07 Å². The maximum absolute atomic E-state index is 13.5. The summed E-state index contributed by atoms with van der Waals surface area (Å²) in [5, 5.41) is 11.7. The molecule has 1 aromatic heterocycles. The van der Waals surface area contributed by atoms with E-state index in [1.54, 1.807) is 10.7 Å². The van der Waals surface area contributed by atoms with Gasteiger partial charge in [0.05, 0.1) is 11.2 Å². The molecule has 102 valence electrons. The minimum absolute atomic E-state index is 0.121. The first-order valence-electron chi connectivity index (χ1n) is 6.30. The third-order valence-electron chi connectivity index (χ3n) is 3.16. The second-order valence-electron chi connectivity index (χ2n) is 5.21. The van der Waals surface area contributed by atoms with Crippen molar-refractivity contribution < 1.29 is 4.39 Å². The first-order valence-corrected chi connectivity index (χ1v) is 6.30. The van der Waals surface area contributed by atoms with Crippen molar-refractivity contribution >= 4 is 5.69 Å². The van der Waals surface area contributed by atoms with Gasteiger partial charge in [0.15, 0.2) is 5.82 Å². The Kier molecular flexibility index (Phi) is 3.50. The molecule has 5 nitrogen and oxygen atoms in total. The Morgan fingerprint density at radius 2 is 2.11 bits per heavy atom. The van der Waals surface area contributed by atoms with Crippen LogP contribution < -0.4 is 5.73 Å². The Morgan fingerprint density at radius 3 is 2.74 bits per heavy atom. The molecule has 0 fully saturated rings. The van der Waals surface area contributed by atoms with Crippen LogP contribution in [-0.2, 0) is 5.54 Å². The maximum atomic E-state index is 13.5. The first-order chi connectivity index (χ1) is 8.95. The Balaban J connectivity index is 2.47.